The van der Waals surface area contributed by atoms with E-state index in [9.17, 15) is 14.4 Å². The van der Waals surface area contributed by atoms with Gasteiger partial charge < -0.3 is 14.8 Å². The van der Waals surface area contributed by atoms with Crippen LogP contribution in [0, 0.1) is 0 Å². The first-order valence-electron chi connectivity index (χ1n) is 5.74. The Labute approximate surface area is 116 Å². The zero-order chi connectivity index (χ0) is 15.1. The van der Waals surface area contributed by atoms with Crippen LogP contribution >= 0.6 is 0 Å². The van der Waals surface area contributed by atoms with Crippen LogP contribution in [0.2, 0.25) is 0 Å². The van der Waals surface area contributed by atoms with Crippen molar-refractivity contribution in [2.24, 2.45) is 0 Å². The second-order valence-electron chi connectivity index (χ2n) is 3.84. The van der Waals surface area contributed by atoms with Crippen LogP contribution in [0.15, 0.2) is 29.8 Å². The molecular weight excluding hydrogens is 262 g/mol. The SMILES string of the molecule is COC(=O)C(=Cc1ccc(NC(C)=O)cc1)C(=O)OC. The maximum absolute atomic E-state index is 11.5. The van der Waals surface area contributed by atoms with Crippen molar-refractivity contribution in [1.29, 1.82) is 0 Å². The summed E-state index contributed by atoms with van der Waals surface area (Å²) in [4.78, 5) is 33.8. The normalized spacial score (nSPS) is 9.35. The highest BCUT2D eigenvalue weighted by molar-refractivity contribution is 6.17. The summed E-state index contributed by atoms with van der Waals surface area (Å²) in [6.07, 6.45) is 1.36. The molecule has 0 spiro atoms. The molecule has 0 radical (unpaired) electrons. The Morgan fingerprint density at radius 1 is 1.00 bits per heavy atom. The summed E-state index contributed by atoms with van der Waals surface area (Å²) in [5, 5.41) is 2.61. The summed E-state index contributed by atoms with van der Waals surface area (Å²) >= 11 is 0. The third-order valence-corrected chi connectivity index (χ3v) is 2.35. The molecule has 1 amide bonds. The molecule has 0 saturated heterocycles. The smallest absolute Gasteiger partial charge is 0.345 e. The molecule has 0 aliphatic heterocycles. The zero-order valence-electron chi connectivity index (χ0n) is 11.4. The Kier molecular flexibility index (Phi) is 5.46. The first-order chi connectivity index (χ1) is 9.47. The van der Waals surface area contributed by atoms with Gasteiger partial charge in [-0.15, -0.1) is 0 Å². The Morgan fingerprint density at radius 2 is 1.50 bits per heavy atom. The minimum Gasteiger partial charge on any atom is -0.465 e. The van der Waals surface area contributed by atoms with Crippen molar-refractivity contribution in [2.45, 2.75) is 6.92 Å². The molecule has 1 rings (SSSR count). The van der Waals surface area contributed by atoms with Crippen LogP contribution in [-0.2, 0) is 23.9 Å². The van der Waals surface area contributed by atoms with Gasteiger partial charge in [-0.25, -0.2) is 9.59 Å². The van der Waals surface area contributed by atoms with Gasteiger partial charge in [-0.1, -0.05) is 12.1 Å². The molecule has 0 unspecified atom stereocenters. The number of anilines is 1. The van der Waals surface area contributed by atoms with Gasteiger partial charge in [0.15, 0.2) is 0 Å². The maximum Gasteiger partial charge on any atom is 0.345 e. The number of hydrogen-bond acceptors (Lipinski definition) is 5. The number of esters is 2. The number of benzene rings is 1. The number of amides is 1. The van der Waals surface area contributed by atoms with Crippen LogP contribution in [0.4, 0.5) is 5.69 Å². The Balaban J connectivity index is 3.02. The second kappa shape index (κ2) is 7.08. The topological polar surface area (TPSA) is 81.7 Å². The highest BCUT2D eigenvalue weighted by Gasteiger charge is 2.19. The minimum atomic E-state index is -0.775. The summed E-state index contributed by atoms with van der Waals surface area (Å²) in [5.74, 6) is -1.73. The molecule has 0 aromatic heterocycles. The van der Waals surface area contributed by atoms with Gasteiger partial charge in [0, 0.05) is 12.6 Å². The molecule has 1 aromatic carbocycles. The lowest BCUT2D eigenvalue weighted by atomic mass is 10.1. The maximum atomic E-state index is 11.5. The van der Waals surface area contributed by atoms with Crippen LogP contribution in [0.1, 0.15) is 12.5 Å². The molecule has 1 aromatic rings. The molecule has 0 atom stereocenters. The van der Waals surface area contributed by atoms with Crippen molar-refractivity contribution in [2.75, 3.05) is 19.5 Å². The molecular formula is C14H15NO5. The van der Waals surface area contributed by atoms with Crippen LogP contribution in [0.5, 0.6) is 0 Å². The largest absolute Gasteiger partial charge is 0.465 e. The average Bonchev–Trinajstić information content (AvgIpc) is 2.44. The van der Waals surface area contributed by atoms with E-state index in [1.165, 1.54) is 27.2 Å². The van der Waals surface area contributed by atoms with E-state index in [2.05, 4.69) is 14.8 Å². The molecule has 0 bridgehead atoms. The van der Waals surface area contributed by atoms with Gasteiger partial charge in [0.05, 0.1) is 14.2 Å². The van der Waals surface area contributed by atoms with Crippen molar-refractivity contribution in [3.63, 3.8) is 0 Å². The quantitative estimate of drug-likeness (QED) is 0.389. The molecule has 0 fully saturated rings. The average molecular weight is 277 g/mol. The van der Waals surface area contributed by atoms with Gasteiger partial charge in [0.2, 0.25) is 5.91 Å². The summed E-state index contributed by atoms with van der Waals surface area (Å²) in [6.45, 7) is 1.40. The molecule has 0 aliphatic carbocycles. The fraction of sp³-hybridized carbons (Fsp3) is 0.214. The van der Waals surface area contributed by atoms with E-state index in [1.807, 2.05) is 0 Å². The zero-order valence-corrected chi connectivity index (χ0v) is 11.4. The van der Waals surface area contributed by atoms with Crippen molar-refractivity contribution in [1.82, 2.24) is 0 Å². The van der Waals surface area contributed by atoms with Crippen molar-refractivity contribution in [3.8, 4) is 0 Å². The van der Waals surface area contributed by atoms with E-state index >= 15 is 0 Å². The fourth-order valence-corrected chi connectivity index (χ4v) is 1.45. The number of methoxy groups -OCH3 is 2. The molecule has 1 N–H and O–H groups in total. The fourth-order valence-electron chi connectivity index (χ4n) is 1.45. The van der Waals surface area contributed by atoms with Gasteiger partial charge in [-0.2, -0.15) is 0 Å². The van der Waals surface area contributed by atoms with Gasteiger partial charge in [-0.05, 0) is 23.8 Å². The molecule has 106 valence electrons. The third kappa shape index (κ3) is 4.24. The van der Waals surface area contributed by atoms with E-state index in [0.717, 1.165) is 0 Å². The monoisotopic (exact) mass is 277 g/mol. The lowest BCUT2D eigenvalue weighted by Gasteiger charge is -2.05. The van der Waals surface area contributed by atoms with Gasteiger partial charge >= 0.3 is 11.9 Å². The van der Waals surface area contributed by atoms with E-state index in [0.29, 0.717) is 11.3 Å². The van der Waals surface area contributed by atoms with E-state index in [-0.39, 0.29) is 11.5 Å². The van der Waals surface area contributed by atoms with Gasteiger partial charge in [-0.3, -0.25) is 4.79 Å². The van der Waals surface area contributed by atoms with E-state index in [1.54, 1.807) is 24.3 Å². The van der Waals surface area contributed by atoms with Gasteiger partial charge in [0.25, 0.3) is 0 Å². The van der Waals surface area contributed by atoms with Crippen LogP contribution in [-0.4, -0.2) is 32.1 Å². The van der Waals surface area contributed by atoms with Crippen molar-refractivity contribution < 1.29 is 23.9 Å². The van der Waals surface area contributed by atoms with Crippen LogP contribution in [0.25, 0.3) is 6.08 Å². The molecule has 6 nitrogen and oxygen atoms in total. The Hall–Kier alpha value is -2.63. The van der Waals surface area contributed by atoms with Crippen LogP contribution < -0.4 is 5.32 Å². The van der Waals surface area contributed by atoms with Crippen molar-refractivity contribution in [3.05, 3.63) is 35.4 Å². The van der Waals surface area contributed by atoms with E-state index < -0.39 is 11.9 Å². The summed E-state index contributed by atoms with van der Waals surface area (Å²) in [6, 6.07) is 6.60. The van der Waals surface area contributed by atoms with Crippen molar-refractivity contribution >= 4 is 29.6 Å². The highest BCUT2D eigenvalue weighted by atomic mass is 16.5. The molecule has 0 aliphatic rings. The predicted octanol–water partition coefficient (Wildman–Crippen LogP) is 1.37. The number of hydrogen-bond donors (Lipinski definition) is 1. The first kappa shape index (κ1) is 15.4. The summed E-state index contributed by atoms with van der Waals surface area (Å²) in [5.41, 5.74) is 1.01. The number of ether oxygens (including phenoxy) is 2. The number of nitrogens with one attached hydrogen (secondary N) is 1. The predicted molar refractivity (Wildman–Crippen MR) is 72.8 cm³/mol. The molecule has 20 heavy (non-hydrogen) atoms. The molecule has 0 heterocycles. The lowest BCUT2D eigenvalue weighted by Crippen LogP contribution is -2.15. The number of rotatable bonds is 4. The lowest BCUT2D eigenvalue weighted by molar-refractivity contribution is -0.143. The second-order valence-corrected chi connectivity index (χ2v) is 3.84. The van der Waals surface area contributed by atoms with Gasteiger partial charge in [0.1, 0.15) is 5.57 Å². The molecule has 6 heteroatoms. The number of carbonyl (C=O) groups is 3. The third-order valence-electron chi connectivity index (χ3n) is 2.35. The Bertz CT molecular complexity index is 527. The summed E-state index contributed by atoms with van der Waals surface area (Å²) in [7, 11) is 2.36. The standard InChI is InChI=1S/C14H15NO5/c1-9(16)15-11-6-4-10(5-7-11)8-12(13(17)19-2)14(18)20-3/h4-8H,1-3H3,(H,15,16). The van der Waals surface area contributed by atoms with Crippen LogP contribution in [0.3, 0.4) is 0 Å². The van der Waals surface area contributed by atoms with E-state index in [4.69, 9.17) is 0 Å². The highest BCUT2D eigenvalue weighted by Crippen LogP contribution is 2.14. The Morgan fingerprint density at radius 3 is 1.90 bits per heavy atom. The number of carbonyl (C=O) groups excluding carboxylic acids is 3. The first-order valence-corrected chi connectivity index (χ1v) is 5.74. The molecule has 0 saturated carbocycles. The minimum absolute atomic E-state index is 0.182. The summed E-state index contributed by atoms with van der Waals surface area (Å²) < 4.78 is 9.04.